The van der Waals surface area contributed by atoms with Crippen molar-refractivity contribution in [3.8, 4) is 0 Å². The van der Waals surface area contributed by atoms with Gasteiger partial charge in [-0.05, 0) is 25.1 Å². The maximum Gasteiger partial charge on any atom is 0.316 e. The number of rotatable bonds is 7. The number of hydrogen-bond acceptors (Lipinski definition) is 7. The number of aryl methyl sites for hydroxylation is 1. The molecule has 0 aliphatic rings. The summed E-state index contributed by atoms with van der Waals surface area (Å²) in [6, 6.07) is 7.93. The van der Waals surface area contributed by atoms with Crippen LogP contribution in [0.25, 0.3) is 0 Å². The SMILES string of the molecule is COC(=O)CC(C(=O)OC)c1occc1CS(=O)(=O)c1ccc(C)cc1. The van der Waals surface area contributed by atoms with Gasteiger partial charge in [0.05, 0.1) is 37.6 Å². The van der Waals surface area contributed by atoms with E-state index in [1.165, 1.54) is 38.7 Å². The first kappa shape index (κ1) is 19.7. The van der Waals surface area contributed by atoms with Gasteiger partial charge in [-0.1, -0.05) is 17.7 Å². The van der Waals surface area contributed by atoms with Crippen LogP contribution in [0.4, 0.5) is 0 Å². The van der Waals surface area contributed by atoms with Crippen LogP contribution in [0.3, 0.4) is 0 Å². The third-order valence-electron chi connectivity index (χ3n) is 3.91. The number of carbonyl (C=O) groups is 2. The highest BCUT2D eigenvalue weighted by molar-refractivity contribution is 7.90. The number of hydrogen-bond donors (Lipinski definition) is 0. The largest absolute Gasteiger partial charge is 0.469 e. The highest BCUT2D eigenvalue weighted by Gasteiger charge is 2.31. The summed E-state index contributed by atoms with van der Waals surface area (Å²) in [5, 5.41) is 0. The van der Waals surface area contributed by atoms with Crippen molar-refractivity contribution < 1.29 is 31.9 Å². The third-order valence-corrected chi connectivity index (χ3v) is 5.59. The second kappa shape index (κ2) is 8.18. The molecule has 2 aromatic rings. The van der Waals surface area contributed by atoms with Gasteiger partial charge in [0, 0.05) is 5.56 Å². The van der Waals surface area contributed by atoms with E-state index in [0.29, 0.717) is 5.56 Å². The molecule has 0 N–H and O–H groups in total. The van der Waals surface area contributed by atoms with Crippen molar-refractivity contribution in [1.29, 1.82) is 0 Å². The Labute approximate surface area is 151 Å². The Bertz CT molecular complexity index is 879. The van der Waals surface area contributed by atoms with Crippen LogP contribution in [0.1, 0.15) is 29.2 Å². The second-order valence-electron chi connectivity index (χ2n) is 5.74. The molecule has 2 rings (SSSR count). The van der Waals surface area contributed by atoms with E-state index in [2.05, 4.69) is 4.74 Å². The quantitative estimate of drug-likeness (QED) is 0.680. The fraction of sp³-hybridized carbons (Fsp3) is 0.333. The molecule has 26 heavy (non-hydrogen) atoms. The molecule has 8 heteroatoms. The van der Waals surface area contributed by atoms with E-state index >= 15 is 0 Å². The Morgan fingerprint density at radius 3 is 2.31 bits per heavy atom. The van der Waals surface area contributed by atoms with E-state index in [4.69, 9.17) is 9.15 Å². The van der Waals surface area contributed by atoms with Gasteiger partial charge in [0.1, 0.15) is 11.7 Å². The zero-order valence-corrected chi connectivity index (χ0v) is 15.5. The van der Waals surface area contributed by atoms with E-state index in [-0.39, 0.29) is 22.8 Å². The molecule has 0 fully saturated rings. The number of carbonyl (C=O) groups excluding carboxylic acids is 2. The fourth-order valence-electron chi connectivity index (χ4n) is 2.48. The number of sulfone groups is 1. The zero-order valence-electron chi connectivity index (χ0n) is 14.7. The normalized spacial score (nSPS) is 12.4. The molecule has 1 heterocycles. The third kappa shape index (κ3) is 4.51. The molecule has 7 nitrogen and oxygen atoms in total. The van der Waals surface area contributed by atoms with Gasteiger partial charge >= 0.3 is 11.9 Å². The maximum absolute atomic E-state index is 12.7. The van der Waals surface area contributed by atoms with Crippen molar-refractivity contribution in [3.63, 3.8) is 0 Å². The van der Waals surface area contributed by atoms with Crippen LogP contribution in [0, 0.1) is 6.92 Å². The molecule has 0 amide bonds. The van der Waals surface area contributed by atoms with E-state index < -0.39 is 27.7 Å². The lowest BCUT2D eigenvalue weighted by molar-refractivity contribution is -0.149. The topological polar surface area (TPSA) is 99.9 Å². The molecule has 1 aromatic carbocycles. The van der Waals surface area contributed by atoms with Gasteiger partial charge in [-0.15, -0.1) is 0 Å². The van der Waals surface area contributed by atoms with E-state index in [1.54, 1.807) is 12.1 Å². The minimum atomic E-state index is -3.65. The van der Waals surface area contributed by atoms with Crippen LogP contribution < -0.4 is 0 Å². The standard InChI is InChI=1S/C18H20O7S/c1-12-4-6-14(7-5-12)26(21,22)11-13-8-9-25-17(13)15(18(20)24-3)10-16(19)23-2/h4-9,15H,10-11H2,1-3H3. The highest BCUT2D eigenvalue weighted by Crippen LogP contribution is 2.29. The first-order chi connectivity index (χ1) is 12.3. The molecule has 0 aliphatic carbocycles. The van der Waals surface area contributed by atoms with Crippen molar-refractivity contribution in [2.24, 2.45) is 0 Å². The Morgan fingerprint density at radius 2 is 1.73 bits per heavy atom. The Kier molecular flexibility index (Phi) is 6.20. The van der Waals surface area contributed by atoms with E-state index in [1.807, 2.05) is 6.92 Å². The van der Waals surface area contributed by atoms with Crippen molar-refractivity contribution in [2.75, 3.05) is 14.2 Å². The van der Waals surface area contributed by atoms with Crippen molar-refractivity contribution in [1.82, 2.24) is 0 Å². The first-order valence-corrected chi connectivity index (χ1v) is 9.44. The summed E-state index contributed by atoms with van der Waals surface area (Å²) in [6.07, 6.45) is 0.969. The molecule has 0 bridgehead atoms. The summed E-state index contributed by atoms with van der Waals surface area (Å²) in [5.74, 6) is -2.71. The van der Waals surface area contributed by atoms with Crippen molar-refractivity contribution >= 4 is 21.8 Å². The lowest BCUT2D eigenvalue weighted by Crippen LogP contribution is -2.20. The van der Waals surface area contributed by atoms with Crippen LogP contribution in [-0.2, 0) is 34.7 Å². The monoisotopic (exact) mass is 380 g/mol. The number of furan rings is 1. The molecule has 140 valence electrons. The minimum Gasteiger partial charge on any atom is -0.469 e. The summed E-state index contributed by atoms with van der Waals surface area (Å²) < 4.78 is 39.9. The smallest absolute Gasteiger partial charge is 0.316 e. The lowest BCUT2D eigenvalue weighted by Gasteiger charge is -2.13. The first-order valence-electron chi connectivity index (χ1n) is 7.79. The van der Waals surface area contributed by atoms with Crippen molar-refractivity contribution in [2.45, 2.75) is 29.9 Å². The summed E-state index contributed by atoms with van der Waals surface area (Å²) in [5.41, 5.74) is 1.24. The van der Waals surface area contributed by atoms with Gasteiger partial charge in [0.2, 0.25) is 0 Å². The molecular weight excluding hydrogens is 360 g/mol. The molecular formula is C18H20O7S. The Hall–Kier alpha value is -2.61. The van der Waals surface area contributed by atoms with Gasteiger partial charge in [-0.2, -0.15) is 0 Å². The van der Waals surface area contributed by atoms with E-state index in [0.717, 1.165) is 5.56 Å². The molecule has 0 radical (unpaired) electrons. The summed E-state index contributed by atoms with van der Waals surface area (Å²) in [4.78, 5) is 23.8. The molecule has 1 unspecified atom stereocenters. The number of benzene rings is 1. The molecule has 0 saturated heterocycles. The molecule has 0 aliphatic heterocycles. The zero-order chi connectivity index (χ0) is 19.3. The van der Waals surface area contributed by atoms with Crippen LogP contribution in [0.5, 0.6) is 0 Å². The Balaban J connectivity index is 2.34. The van der Waals surface area contributed by atoms with Crippen LogP contribution in [0.15, 0.2) is 45.9 Å². The number of esters is 2. The predicted octanol–water partition coefficient (Wildman–Crippen LogP) is 2.38. The van der Waals surface area contributed by atoms with Gasteiger partial charge in [-0.3, -0.25) is 9.59 Å². The van der Waals surface area contributed by atoms with Crippen LogP contribution in [0.2, 0.25) is 0 Å². The molecule has 0 spiro atoms. The fourth-order valence-corrected chi connectivity index (χ4v) is 3.85. The summed E-state index contributed by atoms with van der Waals surface area (Å²) in [6.45, 7) is 1.86. The van der Waals surface area contributed by atoms with Gasteiger partial charge in [0.25, 0.3) is 0 Å². The predicted molar refractivity (Wildman–Crippen MR) is 92.2 cm³/mol. The minimum absolute atomic E-state index is 0.0814. The molecule has 0 saturated carbocycles. The van der Waals surface area contributed by atoms with E-state index in [9.17, 15) is 18.0 Å². The van der Waals surface area contributed by atoms with Crippen LogP contribution in [-0.4, -0.2) is 34.6 Å². The maximum atomic E-state index is 12.7. The summed E-state index contributed by atoms with van der Waals surface area (Å²) in [7, 11) is -1.28. The average Bonchev–Trinajstić information content (AvgIpc) is 3.06. The highest BCUT2D eigenvalue weighted by atomic mass is 32.2. The lowest BCUT2D eigenvalue weighted by atomic mass is 10.00. The van der Waals surface area contributed by atoms with Gasteiger partial charge in [-0.25, -0.2) is 8.42 Å². The molecule has 1 aromatic heterocycles. The van der Waals surface area contributed by atoms with Crippen molar-refractivity contribution in [3.05, 3.63) is 53.5 Å². The summed E-state index contributed by atoms with van der Waals surface area (Å²) >= 11 is 0. The number of methoxy groups -OCH3 is 2. The molecule has 1 atom stereocenters. The second-order valence-corrected chi connectivity index (χ2v) is 7.73. The van der Waals surface area contributed by atoms with Gasteiger partial charge in [0.15, 0.2) is 9.84 Å². The average molecular weight is 380 g/mol. The number of ether oxygens (including phenoxy) is 2. The van der Waals surface area contributed by atoms with Crippen LogP contribution >= 0.6 is 0 Å². The Morgan fingerprint density at radius 1 is 1.08 bits per heavy atom. The van der Waals surface area contributed by atoms with Gasteiger partial charge < -0.3 is 13.9 Å².